The molecule has 2 aliphatic heterocycles. The van der Waals surface area contributed by atoms with Crippen LogP contribution in [0.15, 0.2) is 24.4 Å². The van der Waals surface area contributed by atoms with E-state index in [1.807, 2.05) is 9.97 Å². The van der Waals surface area contributed by atoms with Crippen LogP contribution in [0.25, 0.3) is 101 Å². The van der Waals surface area contributed by atoms with Gasteiger partial charge < -0.3 is 72.5 Å². The summed E-state index contributed by atoms with van der Waals surface area (Å²) in [4.78, 5) is 27.3. The minimum absolute atomic E-state index is 0.238. The number of aromatic amines is 2. The number of nitrogen functional groups attached to an aromatic ring is 1. The highest BCUT2D eigenvalue weighted by Crippen LogP contribution is 2.62. The summed E-state index contributed by atoms with van der Waals surface area (Å²) in [5, 5.41) is 10.4. The van der Waals surface area contributed by atoms with Gasteiger partial charge in [0.15, 0.2) is 137 Å². The van der Waals surface area contributed by atoms with Gasteiger partial charge in [0, 0.05) is 16.7 Å². The average Bonchev–Trinajstić information content (AvgIpc) is 1.57. The van der Waals surface area contributed by atoms with Crippen LogP contribution in [0.2, 0.25) is 0 Å². The van der Waals surface area contributed by atoms with Gasteiger partial charge in [0.25, 0.3) is 0 Å². The molecular weight excluding hydrogens is 1830 g/mol. The van der Waals surface area contributed by atoms with Crippen molar-refractivity contribution in [2.24, 2.45) is 0 Å². The van der Waals surface area contributed by atoms with Crippen molar-refractivity contribution in [3.63, 3.8) is 0 Å². The highest BCUT2D eigenvalue weighted by atomic mass is 19.5. The third kappa shape index (κ3) is 23.8. The van der Waals surface area contributed by atoms with E-state index in [1.54, 1.807) is 0 Å². The zero-order chi connectivity index (χ0) is 92.5. The monoisotopic (exact) mass is 1870 g/mol. The van der Waals surface area contributed by atoms with Gasteiger partial charge in [-0.1, -0.05) is 16.4 Å². The molecule has 9 aromatic rings. The Balaban J connectivity index is 1.51. The fourth-order valence-electron chi connectivity index (χ4n) is 11.0. The van der Waals surface area contributed by atoms with Gasteiger partial charge in [-0.25, -0.2) is 34.6 Å². The minimum atomic E-state index is -6.11. The average molecular weight is 1870 g/mol. The summed E-state index contributed by atoms with van der Waals surface area (Å²) >= 11 is 0. The number of hydrogen-bond donors (Lipinski definition) is 3. The van der Waals surface area contributed by atoms with E-state index in [1.165, 1.54) is 0 Å². The number of nitrogens with one attached hydrogen (secondary N) is 2. The first-order valence-electron chi connectivity index (χ1n) is 32.8. The number of tetrazole rings is 1. The van der Waals surface area contributed by atoms with Gasteiger partial charge in [0.05, 0.1) is 52.0 Å². The number of anilines is 1. The number of rotatable bonds is 28. The Morgan fingerprint density at radius 1 is 0.280 bits per heavy atom. The second kappa shape index (κ2) is 33.4. The van der Waals surface area contributed by atoms with Crippen molar-refractivity contribution in [2.45, 2.75) is 87.2 Å². The minimum Gasteiger partial charge on any atom is -0.479 e. The first kappa shape index (κ1) is 93.0. The lowest BCUT2D eigenvalue weighted by molar-refractivity contribution is -0.162. The fraction of sp³-hybridized carbons (Fsp3) is 0.426. The number of nitrogens with two attached hydrogens (primary N) is 1. The van der Waals surface area contributed by atoms with Gasteiger partial charge in [0.1, 0.15) is 28.3 Å². The lowest BCUT2D eigenvalue weighted by atomic mass is 10.0. The molecule has 0 atom stereocenters. The SMILES string of the molecule is Nc1nnnn1CCn1cc(-c2ccc3c(c2)-c2nc-3nc3[nH]c(nc4nc(nc5[nH]c(n2)c2c(OCC(F)(F)F)c(OCC(F)(F)F)c(OCC(F)(F)F)c(OCC(F)(F)F)c52)-c2c(OCC(F)(F)F)c(OCC(F)(F)F)c(OCC(F)(F)F)c(OCC(F)(F)F)c2-4)c2c(OCC(F)(F)F)c(OCC(F)(F)F)c(OCC(F)(F)F)c(OCC(F)(F)F)c32)nn1. The molecule has 0 unspecified atom stereocenters. The van der Waals surface area contributed by atoms with Crippen LogP contribution in [0.1, 0.15) is 0 Å². The van der Waals surface area contributed by atoms with Crippen molar-refractivity contribution < 1.29 is 215 Å². The number of alkyl halides is 36. The summed E-state index contributed by atoms with van der Waals surface area (Å²) in [5.41, 5.74) is -8.75. The van der Waals surface area contributed by atoms with Crippen molar-refractivity contribution in [3.8, 4) is 126 Å². The largest absolute Gasteiger partial charge is 0.479 e. The number of fused-ring (bicyclic) bond motifs is 20. The number of H-pyrrole nitrogens is 2. The molecule has 0 saturated carbocycles. The number of aryl methyl sites for hydroxylation is 2. The van der Waals surface area contributed by atoms with E-state index in [4.69, 9.17) is 34.2 Å². The summed E-state index contributed by atoms with van der Waals surface area (Å²) in [7, 11) is 0. The molecule has 4 N–H and O–H groups in total. The Morgan fingerprint density at radius 3 is 0.816 bits per heavy atom. The summed E-state index contributed by atoms with van der Waals surface area (Å²) in [6.45, 7) is -37.7. The quantitative estimate of drug-likeness (QED) is 0.0384. The van der Waals surface area contributed by atoms with Crippen molar-refractivity contribution in [1.82, 2.24) is 75.1 Å². The van der Waals surface area contributed by atoms with E-state index in [-0.39, 0.29) is 30.3 Å². The maximum Gasteiger partial charge on any atom is 0.422 e. The number of benzene rings is 4. The first-order valence-corrected chi connectivity index (χ1v) is 32.8. The van der Waals surface area contributed by atoms with Crippen LogP contribution in [0.3, 0.4) is 0 Å². The Kier molecular flexibility index (Phi) is 24.9. The molecule has 0 amide bonds. The van der Waals surface area contributed by atoms with Crippen LogP contribution in [-0.2, 0) is 13.1 Å². The van der Waals surface area contributed by atoms with Crippen molar-refractivity contribution >= 4 is 50.1 Å². The molecule has 0 saturated heterocycles. The highest BCUT2D eigenvalue weighted by Gasteiger charge is 2.47. The summed E-state index contributed by atoms with van der Waals surface area (Å²) < 4.78 is 586. The molecule has 4 aromatic carbocycles. The molecule has 11 rings (SSSR count). The van der Waals surface area contributed by atoms with Gasteiger partial charge in [0.2, 0.25) is 40.4 Å². The van der Waals surface area contributed by atoms with Crippen LogP contribution >= 0.6 is 0 Å². The molecule has 2 aliphatic rings. The lowest BCUT2D eigenvalue weighted by Gasteiger charge is -2.24. The van der Waals surface area contributed by atoms with Gasteiger partial charge >= 0.3 is 74.1 Å². The third-order valence-electron chi connectivity index (χ3n) is 15.1. The highest BCUT2D eigenvalue weighted by molar-refractivity contribution is 6.16. The molecule has 0 aliphatic carbocycles. The summed E-state index contributed by atoms with van der Waals surface area (Å²) in [6, 6.07) is 2.47. The second-order valence-corrected chi connectivity index (χ2v) is 25.0. The zero-order valence-corrected chi connectivity index (χ0v) is 59.6. The fourth-order valence-corrected chi connectivity index (χ4v) is 11.0. The van der Waals surface area contributed by atoms with E-state index >= 15 is 0 Å². The molecule has 0 radical (unpaired) electrons. The van der Waals surface area contributed by atoms with Crippen LogP contribution < -0.4 is 62.6 Å². The molecule has 64 heteroatoms. The van der Waals surface area contributed by atoms with E-state index in [9.17, 15) is 158 Å². The molecule has 0 spiro atoms. The van der Waals surface area contributed by atoms with Gasteiger partial charge in [-0.05, 0) is 22.6 Å². The van der Waals surface area contributed by atoms with Gasteiger partial charge in [-0.3, -0.25) is 4.68 Å². The number of hydrogen-bond acceptors (Lipinski definition) is 24. The zero-order valence-electron chi connectivity index (χ0n) is 59.6. The Bertz CT molecular complexity index is 5670. The van der Waals surface area contributed by atoms with Gasteiger partial charge in [-0.15, -0.1) is 5.10 Å². The summed E-state index contributed by atoms with van der Waals surface area (Å²) in [6.07, 6.45) is -71.0. The van der Waals surface area contributed by atoms with Crippen molar-refractivity contribution in [2.75, 3.05) is 85.0 Å². The number of nitrogens with zero attached hydrogens (tertiary/aromatic N) is 13. The second-order valence-electron chi connectivity index (χ2n) is 25.0. The van der Waals surface area contributed by atoms with Gasteiger partial charge in [-0.2, -0.15) is 158 Å². The van der Waals surface area contributed by atoms with E-state index in [0.717, 1.165) is 33.8 Å². The first-order chi connectivity index (χ1) is 57.3. The Labute approximate surface area is 661 Å². The molecule has 125 heavy (non-hydrogen) atoms. The predicted octanol–water partition coefficient (Wildman–Crippen LogP) is 16.7. The molecule has 7 heterocycles. The topological polar surface area (TPSA) is 320 Å². The van der Waals surface area contributed by atoms with E-state index in [2.05, 4.69) is 84.2 Å². The van der Waals surface area contributed by atoms with E-state index < -0.39 is 312 Å². The van der Waals surface area contributed by atoms with Crippen LogP contribution in [0, 0.1) is 0 Å². The Morgan fingerprint density at radius 2 is 0.536 bits per heavy atom. The molecule has 28 nitrogen and oxygen atoms in total. The van der Waals surface area contributed by atoms with Crippen molar-refractivity contribution in [1.29, 1.82) is 0 Å². The molecular formula is C61H36F36N16O12. The lowest BCUT2D eigenvalue weighted by Crippen LogP contribution is -2.25. The van der Waals surface area contributed by atoms with Crippen LogP contribution in [0.4, 0.5) is 164 Å². The standard InChI is InChI=1S/C61H36F36N16O12/c62-50(63,64)7-114-29-23-25(31(116-9-52(68,69)70)37(122-15-58(86,87)88)35(29)120-13-56(80,81)82)45-102-43(23)100-41-20-2-1-19(22-6-112(110-107-22)3-4-113-49(98)108-109-111-113)5-21(20)42(99-41)101-44-24-26(32(117-10-53(71,72)73)38(123-16-59(89,90)91)36(121-14-57(83,84)85)30(24)115-8-51(65,66)67)46(103-44)105-48-28-27(47(104-45)106-48)33(118-11-54(74,75)76)39(124-17-60(92,93)94)40(125-18-61(95,96)97)34(28)119-12-55(77,78)79/h1-2,5-6H,3-4,7-18H2,(H2,98,108,111)(H2,99,100,101,102,103,104,105,106). The molecule has 8 bridgehead atoms. The molecule has 0 fully saturated rings. The molecule has 684 valence electrons. The van der Waals surface area contributed by atoms with Crippen LogP contribution in [-0.4, -0.2) is 228 Å². The summed E-state index contributed by atoms with van der Waals surface area (Å²) in [5.74, 6) is -36.7. The number of aromatic nitrogens is 15. The maximum atomic E-state index is 14.8. The normalized spacial score (nSPS) is 13.4. The van der Waals surface area contributed by atoms with Crippen LogP contribution in [0.5, 0.6) is 69.0 Å². The smallest absolute Gasteiger partial charge is 0.422 e. The maximum absolute atomic E-state index is 14.8. The third-order valence-corrected chi connectivity index (χ3v) is 15.1. The van der Waals surface area contributed by atoms with Crippen molar-refractivity contribution in [3.05, 3.63) is 24.4 Å². The number of ether oxygens (including phenoxy) is 12. The number of halogens is 36. The van der Waals surface area contributed by atoms with E-state index in [0.29, 0.717) is 0 Å². The predicted molar refractivity (Wildman–Crippen MR) is 336 cm³/mol. The Hall–Kier alpha value is -12.7. The molecule has 5 aromatic heterocycles.